The molecule has 13 heavy (non-hydrogen) atoms. The van der Waals surface area contributed by atoms with Crippen LogP contribution in [0.4, 0.5) is 13.2 Å². The lowest BCUT2D eigenvalue weighted by atomic mass is 10.2. The topological polar surface area (TPSA) is 12.0 Å². The van der Waals surface area contributed by atoms with Crippen molar-refractivity contribution in [1.29, 1.82) is 0 Å². The zero-order valence-electron chi connectivity index (χ0n) is 7.46. The number of rotatable bonds is 7. The van der Waals surface area contributed by atoms with E-state index >= 15 is 0 Å². The van der Waals surface area contributed by atoms with Gasteiger partial charge in [0.2, 0.25) is 0 Å². The van der Waals surface area contributed by atoms with E-state index in [1.807, 2.05) is 0 Å². The zero-order valence-corrected chi connectivity index (χ0v) is 9.05. The van der Waals surface area contributed by atoms with Crippen LogP contribution in [-0.2, 0) is 0 Å². The minimum Gasteiger partial charge on any atom is -0.309 e. The van der Waals surface area contributed by atoms with Gasteiger partial charge in [-0.15, -0.1) is 0 Å². The van der Waals surface area contributed by atoms with Gasteiger partial charge in [-0.1, -0.05) is 28.8 Å². The van der Waals surface area contributed by atoms with Gasteiger partial charge in [0.25, 0.3) is 0 Å². The Bertz CT molecular complexity index is 116. The van der Waals surface area contributed by atoms with E-state index in [0.29, 0.717) is 6.54 Å². The normalized spacial score (nSPS) is 12.0. The molecule has 0 bridgehead atoms. The molecule has 1 N–H and O–H groups in total. The second kappa shape index (κ2) is 7.62. The summed E-state index contributed by atoms with van der Waals surface area (Å²) in [6.07, 6.45) is -0.0758. The predicted octanol–water partition coefficient (Wildman–Crippen LogP) is 3.09. The first-order valence-corrected chi connectivity index (χ1v) is 5.52. The van der Waals surface area contributed by atoms with Crippen LogP contribution in [0.1, 0.15) is 25.7 Å². The van der Waals surface area contributed by atoms with E-state index in [-0.39, 0.29) is 0 Å². The Kier molecular flexibility index (Phi) is 7.75. The first kappa shape index (κ1) is 13.2. The smallest absolute Gasteiger partial charge is 0.309 e. The molecule has 5 heteroatoms. The summed E-state index contributed by atoms with van der Waals surface area (Å²) in [7, 11) is 0. The van der Waals surface area contributed by atoms with E-state index in [2.05, 4.69) is 21.2 Å². The van der Waals surface area contributed by atoms with Gasteiger partial charge in [-0.3, -0.25) is 0 Å². The molecule has 1 nitrogen and oxygen atoms in total. The van der Waals surface area contributed by atoms with Crippen LogP contribution in [-0.4, -0.2) is 24.6 Å². The standard InChI is InChI=1S/C8H15BrF3N/c9-5-3-1-2-4-6-13-7-8(10,11)12/h13H,1-7H2. The Morgan fingerprint density at radius 1 is 1.00 bits per heavy atom. The SMILES string of the molecule is FC(F)(F)CNCCCCCCBr. The molecule has 0 saturated carbocycles. The molecule has 0 heterocycles. The van der Waals surface area contributed by atoms with E-state index in [4.69, 9.17) is 0 Å². The minimum absolute atomic E-state index is 0.460. The number of hydrogen-bond donors (Lipinski definition) is 1. The monoisotopic (exact) mass is 261 g/mol. The summed E-state index contributed by atoms with van der Waals surface area (Å²) in [5.41, 5.74) is 0. The highest BCUT2D eigenvalue weighted by molar-refractivity contribution is 9.09. The molecule has 0 radical (unpaired) electrons. The minimum atomic E-state index is -4.07. The number of alkyl halides is 4. The van der Waals surface area contributed by atoms with Crippen LogP contribution < -0.4 is 5.32 Å². The molecule has 0 aromatic carbocycles. The van der Waals surface area contributed by atoms with Gasteiger partial charge < -0.3 is 5.32 Å². The van der Waals surface area contributed by atoms with Crippen LogP contribution >= 0.6 is 15.9 Å². The molecule has 0 aromatic heterocycles. The second-order valence-corrected chi connectivity index (χ2v) is 3.69. The van der Waals surface area contributed by atoms with Gasteiger partial charge in [0.15, 0.2) is 0 Å². The van der Waals surface area contributed by atoms with Crippen molar-refractivity contribution in [3.05, 3.63) is 0 Å². The van der Waals surface area contributed by atoms with Gasteiger partial charge >= 0.3 is 6.18 Å². The maximum atomic E-state index is 11.6. The molecule has 0 aliphatic heterocycles. The average Bonchev–Trinajstić information content (AvgIpc) is 2.01. The summed E-state index contributed by atoms with van der Waals surface area (Å²) in [5, 5.41) is 3.34. The maximum absolute atomic E-state index is 11.6. The Hall–Kier alpha value is 0.230. The summed E-state index contributed by atoms with van der Waals surface area (Å²) >= 11 is 3.29. The molecule has 0 amide bonds. The van der Waals surface area contributed by atoms with Crippen molar-refractivity contribution >= 4 is 15.9 Å². The summed E-state index contributed by atoms with van der Waals surface area (Å²) in [4.78, 5) is 0. The van der Waals surface area contributed by atoms with Crippen LogP contribution in [0.5, 0.6) is 0 Å². The molecular formula is C8H15BrF3N. The molecule has 0 aromatic rings. The van der Waals surface area contributed by atoms with Gasteiger partial charge in [0, 0.05) is 5.33 Å². The molecule has 0 rings (SSSR count). The fraction of sp³-hybridized carbons (Fsp3) is 1.00. The molecular weight excluding hydrogens is 247 g/mol. The molecule has 0 spiro atoms. The first-order chi connectivity index (χ1) is 6.06. The van der Waals surface area contributed by atoms with Gasteiger partial charge in [-0.05, 0) is 19.4 Å². The van der Waals surface area contributed by atoms with Crippen LogP contribution in [0.2, 0.25) is 0 Å². The maximum Gasteiger partial charge on any atom is 0.401 e. The van der Waals surface area contributed by atoms with Gasteiger partial charge in [0.1, 0.15) is 0 Å². The fourth-order valence-corrected chi connectivity index (χ4v) is 1.32. The fourth-order valence-electron chi connectivity index (χ4n) is 0.928. The predicted molar refractivity (Wildman–Crippen MR) is 51.2 cm³/mol. The van der Waals surface area contributed by atoms with Crippen LogP contribution in [0.25, 0.3) is 0 Å². The third-order valence-electron chi connectivity index (χ3n) is 1.56. The van der Waals surface area contributed by atoms with Crippen molar-refractivity contribution < 1.29 is 13.2 Å². The zero-order chi connectivity index (χ0) is 10.2. The van der Waals surface area contributed by atoms with E-state index in [1.165, 1.54) is 0 Å². The van der Waals surface area contributed by atoms with E-state index in [1.54, 1.807) is 0 Å². The Balaban J connectivity index is 3.00. The highest BCUT2D eigenvalue weighted by Gasteiger charge is 2.25. The Morgan fingerprint density at radius 2 is 1.62 bits per heavy atom. The third kappa shape index (κ3) is 12.2. The quantitative estimate of drug-likeness (QED) is 0.549. The van der Waals surface area contributed by atoms with Crippen molar-refractivity contribution in [3.8, 4) is 0 Å². The second-order valence-electron chi connectivity index (χ2n) is 2.90. The third-order valence-corrected chi connectivity index (χ3v) is 2.12. The van der Waals surface area contributed by atoms with Crippen molar-refractivity contribution in [2.24, 2.45) is 0 Å². The summed E-state index contributed by atoms with van der Waals surface area (Å²) in [6.45, 7) is -0.409. The average molecular weight is 262 g/mol. The van der Waals surface area contributed by atoms with Crippen molar-refractivity contribution in [2.75, 3.05) is 18.4 Å². The lowest BCUT2D eigenvalue weighted by molar-refractivity contribution is -0.124. The van der Waals surface area contributed by atoms with Gasteiger partial charge in [-0.25, -0.2) is 0 Å². The summed E-state index contributed by atoms with van der Waals surface area (Å²) in [5.74, 6) is 0. The lowest BCUT2D eigenvalue weighted by Gasteiger charge is -2.07. The van der Waals surface area contributed by atoms with Crippen LogP contribution in [0.3, 0.4) is 0 Å². The highest BCUT2D eigenvalue weighted by Crippen LogP contribution is 2.12. The molecule has 0 unspecified atom stereocenters. The largest absolute Gasteiger partial charge is 0.401 e. The molecule has 0 aliphatic carbocycles. The number of halogens is 4. The molecule has 0 saturated heterocycles. The summed E-state index contributed by atoms with van der Waals surface area (Å²) in [6, 6.07) is 0. The van der Waals surface area contributed by atoms with Gasteiger partial charge in [0.05, 0.1) is 6.54 Å². The van der Waals surface area contributed by atoms with E-state index in [9.17, 15) is 13.2 Å². The molecule has 0 fully saturated rings. The van der Waals surface area contributed by atoms with Crippen LogP contribution in [0, 0.1) is 0 Å². The molecule has 0 aliphatic rings. The van der Waals surface area contributed by atoms with Crippen molar-refractivity contribution in [3.63, 3.8) is 0 Å². The Labute approximate surface area is 85.2 Å². The molecule has 80 valence electrons. The van der Waals surface area contributed by atoms with Crippen molar-refractivity contribution in [1.82, 2.24) is 5.32 Å². The first-order valence-electron chi connectivity index (χ1n) is 4.39. The van der Waals surface area contributed by atoms with Gasteiger partial charge in [-0.2, -0.15) is 13.2 Å². The highest BCUT2D eigenvalue weighted by atomic mass is 79.9. The Morgan fingerprint density at radius 3 is 2.15 bits per heavy atom. The lowest BCUT2D eigenvalue weighted by Crippen LogP contribution is -2.29. The molecule has 0 atom stereocenters. The van der Waals surface area contributed by atoms with E-state index < -0.39 is 12.7 Å². The van der Waals surface area contributed by atoms with Crippen molar-refractivity contribution in [2.45, 2.75) is 31.9 Å². The van der Waals surface area contributed by atoms with E-state index in [0.717, 1.165) is 31.0 Å². The van der Waals surface area contributed by atoms with Crippen LogP contribution in [0.15, 0.2) is 0 Å². The summed E-state index contributed by atoms with van der Waals surface area (Å²) < 4.78 is 34.9. The number of nitrogens with one attached hydrogen (secondary N) is 1. The number of hydrogen-bond acceptors (Lipinski definition) is 1. The number of unbranched alkanes of at least 4 members (excludes halogenated alkanes) is 3.